The second-order valence-corrected chi connectivity index (χ2v) is 6.74. The standard InChI is InChI=1S/C15H25NO4/c1-14(20)6-5-9-16(11-14)12(17)10-15(13(18)19)7-3-2-4-8-15/h20H,2-11H2,1H3,(H,18,19). The highest BCUT2D eigenvalue weighted by atomic mass is 16.4. The minimum atomic E-state index is -0.876. The van der Waals surface area contributed by atoms with E-state index >= 15 is 0 Å². The number of amides is 1. The molecule has 5 nitrogen and oxygen atoms in total. The molecule has 1 saturated carbocycles. The Hall–Kier alpha value is -1.10. The van der Waals surface area contributed by atoms with E-state index in [1.54, 1.807) is 11.8 Å². The van der Waals surface area contributed by atoms with Crippen molar-refractivity contribution < 1.29 is 19.8 Å². The Morgan fingerprint density at radius 3 is 2.30 bits per heavy atom. The third-order valence-electron chi connectivity index (χ3n) is 4.78. The summed E-state index contributed by atoms with van der Waals surface area (Å²) in [5.74, 6) is -0.955. The zero-order valence-electron chi connectivity index (χ0n) is 12.2. The fourth-order valence-corrected chi connectivity index (χ4v) is 3.53. The van der Waals surface area contributed by atoms with Crippen molar-refractivity contribution >= 4 is 11.9 Å². The average molecular weight is 283 g/mol. The Morgan fingerprint density at radius 1 is 1.10 bits per heavy atom. The Kier molecular flexibility index (Phi) is 4.37. The number of β-amino-alcohol motifs (C(OH)–C–C–N with tert-alkyl or cyclic N) is 1. The number of nitrogens with zero attached hydrogens (tertiary/aromatic N) is 1. The van der Waals surface area contributed by atoms with Crippen molar-refractivity contribution in [2.24, 2.45) is 5.41 Å². The molecule has 1 atom stereocenters. The van der Waals surface area contributed by atoms with Crippen LogP contribution in [0.1, 0.15) is 58.3 Å². The lowest BCUT2D eigenvalue weighted by Gasteiger charge is -2.39. The van der Waals surface area contributed by atoms with Gasteiger partial charge in [-0.05, 0) is 32.6 Å². The molecule has 1 amide bonds. The van der Waals surface area contributed by atoms with Crippen LogP contribution in [-0.2, 0) is 9.59 Å². The van der Waals surface area contributed by atoms with Gasteiger partial charge in [0.25, 0.3) is 0 Å². The molecular weight excluding hydrogens is 258 g/mol. The van der Waals surface area contributed by atoms with Crippen LogP contribution in [0.4, 0.5) is 0 Å². The molecule has 1 aliphatic heterocycles. The Bertz CT molecular complexity index is 385. The summed E-state index contributed by atoms with van der Waals surface area (Å²) in [7, 11) is 0. The topological polar surface area (TPSA) is 77.8 Å². The van der Waals surface area contributed by atoms with E-state index in [2.05, 4.69) is 0 Å². The predicted molar refractivity (Wildman–Crippen MR) is 74.2 cm³/mol. The number of piperidine rings is 1. The van der Waals surface area contributed by atoms with Gasteiger partial charge < -0.3 is 15.1 Å². The molecule has 0 aromatic carbocycles. The molecule has 0 aromatic heterocycles. The lowest BCUT2D eigenvalue weighted by molar-refractivity contribution is -0.157. The average Bonchev–Trinajstić information content (AvgIpc) is 2.38. The van der Waals surface area contributed by atoms with E-state index in [1.807, 2.05) is 0 Å². The number of aliphatic hydroxyl groups is 1. The Balaban J connectivity index is 2.03. The number of aliphatic carboxylic acids is 1. The van der Waals surface area contributed by atoms with Crippen molar-refractivity contribution in [3.63, 3.8) is 0 Å². The summed E-state index contributed by atoms with van der Waals surface area (Å²) in [6.45, 7) is 2.69. The number of carbonyl (C=O) groups is 2. The molecule has 114 valence electrons. The van der Waals surface area contributed by atoms with Gasteiger partial charge in [-0.1, -0.05) is 19.3 Å². The number of rotatable bonds is 3. The fraction of sp³-hybridized carbons (Fsp3) is 0.867. The normalized spacial score (nSPS) is 30.0. The maximum absolute atomic E-state index is 12.4. The molecular formula is C15H25NO4. The van der Waals surface area contributed by atoms with E-state index in [0.29, 0.717) is 32.4 Å². The molecule has 0 spiro atoms. The molecule has 2 N–H and O–H groups in total. The van der Waals surface area contributed by atoms with Gasteiger partial charge in [0.05, 0.1) is 11.0 Å². The lowest BCUT2D eigenvalue weighted by Crippen LogP contribution is -2.50. The van der Waals surface area contributed by atoms with Crippen molar-refractivity contribution in [2.75, 3.05) is 13.1 Å². The van der Waals surface area contributed by atoms with Crippen LogP contribution in [0.25, 0.3) is 0 Å². The van der Waals surface area contributed by atoms with Crippen LogP contribution in [-0.4, -0.2) is 45.7 Å². The van der Waals surface area contributed by atoms with Crippen molar-refractivity contribution in [2.45, 2.75) is 63.9 Å². The lowest BCUT2D eigenvalue weighted by atomic mass is 9.71. The first-order valence-electron chi connectivity index (χ1n) is 7.58. The van der Waals surface area contributed by atoms with Crippen LogP contribution < -0.4 is 0 Å². The fourth-order valence-electron chi connectivity index (χ4n) is 3.53. The molecule has 0 aromatic rings. The molecule has 0 radical (unpaired) electrons. The van der Waals surface area contributed by atoms with E-state index in [0.717, 1.165) is 25.7 Å². The SMILES string of the molecule is CC1(O)CCCN(C(=O)CC2(C(=O)O)CCCCC2)C1. The summed E-state index contributed by atoms with van der Waals surface area (Å²) in [6.07, 6.45) is 5.57. The minimum Gasteiger partial charge on any atom is -0.481 e. The van der Waals surface area contributed by atoms with Gasteiger partial charge in [0.1, 0.15) is 0 Å². The van der Waals surface area contributed by atoms with Crippen LogP contribution in [0.5, 0.6) is 0 Å². The summed E-state index contributed by atoms with van der Waals surface area (Å²) in [5.41, 5.74) is -1.71. The Morgan fingerprint density at radius 2 is 1.75 bits per heavy atom. The number of carboxylic acid groups (broad SMARTS) is 1. The quantitative estimate of drug-likeness (QED) is 0.827. The molecule has 2 fully saturated rings. The van der Waals surface area contributed by atoms with Crippen LogP contribution in [0.15, 0.2) is 0 Å². The monoisotopic (exact) mass is 283 g/mol. The third-order valence-corrected chi connectivity index (χ3v) is 4.78. The highest BCUT2D eigenvalue weighted by Gasteiger charge is 2.43. The maximum atomic E-state index is 12.4. The summed E-state index contributed by atoms with van der Waals surface area (Å²) in [5, 5.41) is 19.6. The molecule has 5 heteroatoms. The molecule has 1 aliphatic carbocycles. The Labute approximate surface area is 120 Å². The van der Waals surface area contributed by atoms with E-state index < -0.39 is 17.0 Å². The molecule has 2 aliphatic rings. The van der Waals surface area contributed by atoms with Gasteiger partial charge in [-0.25, -0.2) is 0 Å². The largest absolute Gasteiger partial charge is 0.481 e. The third kappa shape index (κ3) is 3.32. The predicted octanol–water partition coefficient (Wildman–Crippen LogP) is 1.78. The number of carbonyl (C=O) groups excluding carboxylic acids is 1. The van der Waals surface area contributed by atoms with E-state index in [1.165, 1.54) is 0 Å². The molecule has 1 saturated heterocycles. The minimum absolute atomic E-state index is 0.0818. The highest BCUT2D eigenvalue weighted by molar-refractivity contribution is 5.85. The molecule has 0 bridgehead atoms. The second-order valence-electron chi connectivity index (χ2n) is 6.74. The van der Waals surface area contributed by atoms with Crippen LogP contribution in [0, 0.1) is 5.41 Å². The number of likely N-dealkylation sites (tertiary alicyclic amines) is 1. The van der Waals surface area contributed by atoms with Crippen LogP contribution >= 0.6 is 0 Å². The number of hydrogen-bond acceptors (Lipinski definition) is 3. The van der Waals surface area contributed by atoms with Crippen molar-refractivity contribution in [3.05, 3.63) is 0 Å². The smallest absolute Gasteiger partial charge is 0.310 e. The zero-order valence-corrected chi connectivity index (χ0v) is 12.2. The van der Waals surface area contributed by atoms with E-state index in [4.69, 9.17) is 0 Å². The molecule has 20 heavy (non-hydrogen) atoms. The van der Waals surface area contributed by atoms with Crippen molar-refractivity contribution in [1.29, 1.82) is 0 Å². The summed E-state index contributed by atoms with van der Waals surface area (Å²) >= 11 is 0. The summed E-state index contributed by atoms with van der Waals surface area (Å²) in [4.78, 5) is 25.7. The van der Waals surface area contributed by atoms with Crippen LogP contribution in [0.3, 0.4) is 0 Å². The van der Waals surface area contributed by atoms with Gasteiger partial charge >= 0.3 is 5.97 Å². The van der Waals surface area contributed by atoms with Crippen molar-refractivity contribution in [3.8, 4) is 0 Å². The van der Waals surface area contributed by atoms with E-state index in [9.17, 15) is 19.8 Å². The van der Waals surface area contributed by atoms with Gasteiger partial charge in [-0.3, -0.25) is 9.59 Å². The first-order chi connectivity index (χ1) is 9.35. The highest BCUT2D eigenvalue weighted by Crippen LogP contribution is 2.40. The maximum Gasteiger partial charge on any atom is 0.310 e. The molecule has 1 heterocycles. The van der Waals surface area contributed by atoms with Gasteiger partial charge in [-0.2, -0.15) is 0 Å². The number of hydrogen-bond donors (Lipinski definition) is 2. The zero-order chi connectivity index (χ0) is 14.8. The summed E-state index contributed by atoms with van der Waals surface area (Å²) in [6, 6.07) is 0. The van der Waals surface area contributed by atoms with Gasteiger partial charge in [0.15, 0.2) is 0 Å². The first kappa shape index (κ1) is 15.3. The van der Waals surface area contributed by atoms with Gasteiger partial charge in [0.2, 0.25) is 5.91 Å². The molecule has 2 rings (SSSR count). The first-order valence-corrected chi connectivity index (χ1v) is 7.58. The van der Waals surface area contributed by atoms with Crippen LogP contribution in [0.2, 0.25) is 0 Å². The van der Waals surface area contributed by atoms with Gasteiger partial charge in [-0.15, -0.1) is 0 Å². The second kappa shape index (κ2) is 5.72. The molecule has 1 unspecified atom stereocenters. The summed E-state index contributed by atoms with van der Waals surface area (Å²) < 4.78 is 0. The number of carboxylic acids is 1. The van der Waals surface area contributed by atoms with E-state index in [-0.39, 0.29) is 12.3 Å². The van der Waals surface area contributed by atoms with Gasteiger partial charge in [0, 0.05) is 19.5 Å². The van der Waals surface area contributed by atoms with Crippen molar-refractivity contribution in [1.82, 2.24) is 4.90 Å².